The van der Waals surface area contributed by atoms with E-state index in [-0.39, 0.29) is 11.6 Å². The van der Waals surface area contributed by atoms with Gasteiger partial charge in [-0.3, -0.25) is 0 Å². The summed E-state index contributed by atoms with van der Waals surface area (Å²) >= 11 is 0. The third-order valence-electron chi connectivity index (χ3n) is 2.79. The highest BCUT2D eigenvalue weighted by Crippen LogP contribution is 2.07. The molecule has 0 unspecified atom stereocenters. The maximum atomic E-state index is 12.1. The maximum Gasteiger partial charge on any atom is 0.258 e. The lowest BCUT2D eigenvalue weighted by molar-refractivity contribution is 0.574. The predicted molar refractivity (Wildman–Crippen MR) is 78.8 cm³/mol. The molecule has 0 aliphatic rings. The van der Waals surface area contributed by atoms with E-state index >= 15 is 0 Å². The largest absolute Gasteiger partial charge is 0.347 e. The van der Waals surface area contributed by atoms with E-state index in [4.69, 9.17) is 0 Å². The monoisotopic (exact) mass is 309 g/mol. The smallest absolute Gasteiger partial charge is 0.258 e. The Bertz CT molecular complexity index is 650. The highest BCUT2D eigenvalue weighted by molar-refractivity contribution is 7.89. The number of rotatable bonds is 7. The quantitative estimate of drug-likeness (QED) is 0.702. The summed E-state index contributed by atoms with van der Waals surface area (Å²) < 4.78 is 26.6. The minimum atomic E-state index is -3.61. The highest BCUT2D eigenvalue weighted by atomic mass is 32.2. The molecule has 0 aliphatic heterocycles. The summed E-state index contributed by atoms with van der Waals surface area (Å²) in [5.74, 6) is 0. The van der Waals surface area contributed by atoms with Gasteiger partial charge in [0, 0.05) is 30.7 Å². The van der Waals surface area contributed by atoms with Gasteiger partial charge in [-0.05, 0) is 11.6 Å². The molecule has 2 rings (SSSR count). The van der Waals surface area contributed by atoms with Crippen LogP contribution in [0.3, 0.4) is 0 Å². The molecule has 0 amide bonds. The van der Waals surface area contributed by atoms with Crippen LogP contribution in [0.2, 0.25) is 0 Å². The molecule has 0 atom stereocenters. The zero-order valence-corrected chi connectivity index (χ0v) is 12.8. The van der Waals surface area contributed by atoms with E-state index in [0.717, 1.165) is 5.56 Å². The van der Waals surface area contributed by atoms with Crippen molar-refractivity contribution >= 4 is 10.0 Å². The van der Waals surface area contributed by atoms with Gasteiger partial charge in [0.2, 0.25) is 0 Å². The van der Waals surface area contributed by atoms with Crippen molar-refractivity contribution in [1.82, 2.24) is 25.0 Å². The number of hydrogen-bond donors (Lipinski definition) is 3. The van der Waals surface area contributed by atoms with Crippen molar-refractivity contribution in [2.75, 3.05) is 0 Å². The third-order valence-corrected chi connectivity index (χ3v) is 4.11. The number of sulfonamides is 1. The molecule has 3 N–H and O–H groups in total. The molecule has 0 bridgehead atoms. The van der Waals surface area contributed by atoms with Crippen molar-refractivity contribution in [2.45, 2.75) is 38.0 Å². The first-order chi connectivity index (χ1) is 9.97. The summed E-state index contributed by atoms with van der Waals surface area (Å²) in [7, 11) is -3.61. The molecule has 2 aromatic rings. The average Bonchev–Trinajstić information content (AvgIpc) is 2.97. The van der Waals surface area contributed by atoms with Gasteiger partial charge in [-0.2, -0.15) is 0 Å². The van der Waals surface area contributed by atoms with E-state index in [1.807, 2.05) is 13.8 Å². The van der Waals surface area contributed by atoms with Gasteiger partial charge >= 0.3 is 0 Å². The fourth-order valence-corrected chi connectivity index (χ4v) is 2.56. The van der Waals surface area contributed by atoms with Crippen LogP contribution < -0.4 is 10.0 Å². The van der Waals surface area contributed by atoms with Gasteiger partial charge in [0.1, 0.15) is 0 Å². The second-order valence-corrected chi connectivity index (χ2v) is 6.66. The molecule has 0 fully saturated rings. The fraction of sp³-hybridized carbons (Fsp3) is 0.385. The summed E-state index contributed by atoms with van der Waals surface area (Å²) in [6, 6.07) is 3.63. The van der Waals surface area contributed by atoms with E-state index in [1.165, 1.54) is 12.4 Å². The number of pyridine rings is 1. The number of aromatic amines is 1. The highest BCUT2D eigenvalue weighted by Gasteiger charge is 2.15. The first-order valence-corrected chi connectivity index (χ1v) is 8.11. The maximum absolute atomic E-state index is 12.1. The van der Waals surface area contributed by atoms with Gasteiger partial charge in [0.05, 0.1) is 12.9 Å². The van der Waals surface area contributed by atoms with Crippen molar-refractivity contribution in [3.8, 4) is 0 Å². The Hall–Kier alpha value is -1.77. The Kier molecular flexibility index (Phi) is 5.05. The molecule has 7 nitrogen and oxygen atoms in total. The van der Waals surface area contributed by atoms with Crippen LogP contribution in [0.1, 0.15) is 25.1 Å². The third kappa shape index (κ3) is 4.62. The lowest BCUT2D eigenvalue weighted by Gasteiger charge is -2.09. The summed E-state index contributed by atoms with van der Waals surface area (Å²) in [6.45, 7) is 4.91. The van der Waals surface area contributed by atoms with Gasteiger partial charge in [-0.25, -0.2) is 23.1 Å². The molecule has 0 saturated carbocycles. The first kappa shape index (κ1) is 15.6. The van der Waals surface area contributed by atoms with Crippen LogP contribution >= 0.6 is 0 Å². The number of nitrogens with one attached hydrogen (secondary N) is 3. The van der Waals surface area contributed by atoms with Gasteiger partial charge in [-0.1, -0.05) is 19.9 Å². The van der Waals surface area contributed by atoms with Gasteiger partial charge in [0.15, 0.2) is 5.03 Å². The van der Waals surface area contributed by atoms with Crippen LogP contribution in [0.15, 0.2) is 35.9 Å². The minimum absolute atomic E-state index is 0.00955. The van der Waals surface area contributed by atoms with E-state index in [0.29, 0.717) is 18.3 Å². The van der Waals surface area contributed by atoms with E-state index < -0.39 is 10.0 Å². The second-order valence-electron chi connectivity index (χ2n) is 4.94. The van der Waals surface area contributed by atoms with Crippen molar-refractivity contribution in [2.24, 2.45) is 0 Å². The number of imidazole rings is 1. The van der Waals surface area contributed by atoms with Crippen LogP contribution in [0.25, 0.3) is 0 Å². The Morgan fingerprint density at radius 3 is 2.62 bits per heavy atom. The van der Waals surface area contributed by atoms with Crippen molar-refractivity contribution < 1.29 is 8.42 Å². The van der Waals surface area contributed by atoms with E-state index in [9.17, 15) is 8.42 Å². The molecule has 21 heavy (non-hydrogen) atoms. The molecule has 8 heteroatoms. The number of aromatic nitrogens is 3. The molecule has 0 aromatic carbocycles. The SMILES string of the molecule is CC(C)NCc1ccc(S(=O)(=O)NCc2cnc[nH]2)nc1. The van der Waals surface area contributed by atoms with Crippen LogP contribution in [-0.2, 0) is 23.1 Å². The topological polar surface area (TPSA) is 99.8 Å². The van der Waals surface area contributed by atoms with Crippen molar-refractivity contribution in [1.29, 1.82) is 0 Å². The molecule has 0 spiro atoms. The molecule has 0 aliphatic carbocycles. The minimum Gasteiger partial charge on any atom is -0.347 e. The number of hydrogen-bond acceptors (Lipinski definition) is 5. The molecule has 0 radical (unpaired) electrons. The van der Waals surface area contributed by atoms with Gasteiger partial charge in [-0.15, -0.1) is 0 Å². The summed E-state index contributed by atoms with van der Waals surface area (Å²) in [4.78, 5) is 10.7. The standard InChI is InChI=1S/C13H19N5O2S/c1-10(2)15-5-11-3-4-13(16-6-11)21(19,20)18-8-12-7-14-9-17-12/h3-4,6-7,9-10,15,18H,5,8H2,1-2H3,(H,14,17). The van der Waals surface area contributed by atoms with Crippen LogP contribution in [0.5, 0.6) is 0 Å². The fourth-order valence-electron chi connectivity index (χ4n) is 1.62. The first-order valence-electron chi connectivity index (χ1n) is 6.62. The number of nitrogens with zero attached hydrogens (tertiary/aromatic N) is 2. The Morgan fingerprint density at radius 2 is 2.05 bits per heavy atom. The second kappa shape index (κ2) is 6.79. The molecule has 2 heterocycles. The molecular weight excluding hydrogens is 290 g/mol. The lowest BCUT2D eigenvalue weighted by atomic mass is 10.2. The normalized spacial score (nSPS) is 12.0. The molecule has 0 saturated heterocycles. The Balaban J connectivity index is 1.99. The molecule has 114 valence electrons. The lowest BCUT2D eigenvalue weighted by Crippen LogP contribution is -2.25. The summed E-state index contributed by atoms with van der Waals surface area (Å²) in [5, 5.41) is 3.26. The van der Waals surface area contributed by atoms with Crippen molar-refractivity contribution in [3.05, 3.63) is 42.1 Å². The van der Waals surface area contributed by atoms with E-state index in [1.54, 1.807) is 18.5 Å². The zero-order chi connectivity index (χ0) is 15.3. The Labute approximate surface area is 124 Å². The summed E-state index contributed by atoms with van der Waals surface area (Å²) in [5.41, 5.74) is 1.63. The summed E-state index contributed by atoms with van der Waals surface area (Å²) in [6.07, 6.45) is 4.63. The average molecular weight is 309 g/mol. The molecule has 2 aromatic heterocycles. The van der Waals surface area contributed by atoms with Crippen LogP contribution in [0.4, 0.5) is 0 Å². The number of H-pyrrole nitrogens is 1. The van der Waals surface area contributed by atoms with Gasteiger partial charge in [0.25, 0.3) is 10.0 Å². The van der Waals surface area contributed by atoms with E-state index in [2.05, 4.69) is 25.0 Å². The Morgan fingerprint density at radius 1 is 1.24 bits per heavy atom. The van der Waals surface area contributed by atoms with Gasteiger partial charge < -0.3 is 10.3 Å². The predicted octanol–water partition coefficient (Wildman–Crippen LogP) is 0.781. The van der Waals surface area contributed by atoms with Crippen LogP contribution in [0, 0.1) is 0 Å². The zero-order valence-electron chi connectivity index (χ0n) is 12.0. The van der Waals surface area contributed by atoms with Crippen molar-refractivity contribution in [3.63, 3.8) is 0 Å². The molecular formula is C13H19N5O2S. The van der Waals surface area contributed by atoms with Crippen LogP contribution in [-0.4, -0.2) is 29.4 Å².